The van der Waals surface area contributed by atoms with Crippen molar-refractivity contribution in [2.75, 3.05) is 5.75 Å². The Morgan fingerprint density at radius 3 is 2.80 bits per heavy atom. The number of aliphatic hydroxyl groups is 1. The normalized spacial score (nSPS) is 12.7. The smallest absolute Gasteiger partial charge is 0.181 e. The number of rotatable bonds is 4. The van der Waals surface area contributed by atoms with E-state index in [9.17, 15) is 5.11 Å². The minimum Gasteiger partial charge on any atom is -0.388 e. The molecular weight excluding hydrogens is 296 g/mol. The number of aromatic nitrogens is 4. The van der Waals surface area contributed by atoms with Gasteiger partial charge in [-0.1, -0.05) is 23.7 Å². The highest BCUT2D eigenvalue weighted by molar-refractivity contribution is 7.99. The van der Waals surface area contributed by atoms with Crippen LogP contribution in [0.5, 0.6) is 0 Å². The molecule has 3 aromatic rings. The van der Waals surface area contributed by atoms with Gasteiger partial charge in [0.25, 0.3) is 0 Å². The van der Waals surface area contributed by atoms with Crippen LogP contribution in [0.3, 0.4) is 0 Å². The Hall–Kier alpha value is -1.63. The molecule has 0 unspecified atom stereocenters. The van der Waals surface area contributed by atoms with Gasteiger partial charge in [-0.05, 0) is 17.7 Å². The minimum atomic E-state index is -0.579. The molecular formula is C13H11ClN4OS. The molecule has 0 saturated carbocycles. The number of aliphatic hydroxyl groups excluding tert-OH is 1. The van der Waals surface area contributed by atoms with Gasteiger partial charge in [0, 0.05) is 10.8 Å². The van der Waals surface area contributed by atoms with E-state index in [1.165, 1.54) is 18.1 Å². The third-order valence-electron chi connectivity index (χ3n) is 2.82. The maximum atomic E-state index is 10.2. The zero-order valence-electron chi connectivity index (χ0n) is 10.3. The van der Waals surface area contributed by atoms with E-state index in [4.69, 9.17) is 11.6 Å². The molecule has 2 heterocycles. The summed E-state index contributed by atoms with van der Waals surface area (Å²) in [5, 5.41) is 11.6. The van der Waals surface area contributed by atoms with Crippen LogP contribution in [0.15, 0.2) is 41.9 Å². The molecule has 0 fully saturated rings. The molecule has 0 bridgehead atoms. The summed E-state index contributed by atoms with van der Waals surface area (Å²) in [7, 11) is 0. The molecule has 0 amide bonds. The number of fused-ring (bicyclic) bond motifs is 1. The van der Waals surface area contributed by atoms with Crippen LogP contribution in [-0.2, 0) is 0 Å². The van der Waals surface area contributed by atoms with Crippen molar-refractivity contribution in [1.29, 1.82) is 0 Å². The molecule has 0 saturated heterocycles. The van der Waals surface area contributed by atoms with Gasteiger partial charge in [0.2, 0.25) is 0 Å². The van der Waals surface area contributed by atoms with Gasteiger partial charge in [0.15, 0.2) is 5.65 Å². The van der Waals surface area contributed by atoms with Crippen LogP contribution in [0.2, 0.25) is 5.02 Å². The molecule has 102 valence electrons. The lowest BCUT2D eigenvalue weighted by Crippen LogP contribution is -2.01. The molecule has 0 aliphatic heterocycles. The van der Waals surface area contributed by atoms with Crippen molar-refractivity contribution in [3.8, 4) is 0 Å². The standard InChI is InChI=1S/C13H11ClN4OS/c14-9-3-1-8(2-4-9)10(19)5-20-13-11-12(16-6-15-11)17-7-18-13/h1-4,6-7,10,19H,5H2,(H,15,16,17,18)/t10-/m0/s1. The van der Waals surface area contributed by atoms with E-state index >= 15 is 0 Å². The number of benzene rings is 1. The highest BCUT2D eigenvalue weighted by Crippen LogP contribution is 2.27. The highest BCUT2D eigenvalue weighted by Gasteiger charge is 2.11. The van der Waals surface area contributed by atoms with Crippen molar-refractivity contribution in [2.24, 2.45) is 0 Å². The van der Waals surface area contributed by atoms with Gasteiger partial charge in [-0.25, -0.2) is 15.0 Å². The molecule has 0 radical (unpaired) electrons. The third kappa shape index (κ3) is 2.77. The van der Waals surface area contributed by atoms with Crippen molar-refractivity contribution in [3.63, 3.8) is 0 Å². The van der Waals surface area contributed by atoms with E-state index < -0.39 is 6.10 Å². The van der Waals surface area contributed by atoms with Crippen molar-refractivity contribution in [2.45, 2.75) is 11.1 Å². The first-order chi connectivity index (χ1) is 9.74. The monoisotopic (exact) mass is 306 g/mol. The number of H-pyrrole nitrogens is 1. The van der Waals surface area contributed by atoms with Gasteiger partial charge in [-0.2, -0.15) is 0 Å². The maximum absolute atomic E-state index is 10.2. The fourth-order valence-electron chi connectivity index (χ4n) is 1.79. The Kier molecular flexibility index (Phi) is 3.86. The molecule has 1 atom stereocenters. The number of nitrogens with zero attached hydrogens (tertiary/aromatic N) is 3. The summed E-state index contributed by atoms with van der Waals surface area (Å²) >= 11 is 7.28. The second-order valence-electron chi connectivity index (χ2n) is 4.16. The fraction of sp³-hybridized carbons (Fsp3) is 0.154. The summed E-state index contributed by atoms with van der Waals surface area (Å²) in [6.07, 6.45) is 2.48. The van der Waals surface area contributed by atoms with Crippen molar-refractivity contribution in [3.05, 3.63) is 47.5 Å². The predicted molar refractivity (Wildman–Crippen MR) is 78.8 cm³/mol. The van der Waals surface area contributed by atoms with E-state index in [1.807, 2.05) is 12.1 Å². The summed E-state index contributed by atoms with van der Waals surface area (Å²) in [5.74, 6) is 0.493. The lowest BCUT2D eigenvalue weighted by molar-refractivity contribution is 0.204. The topological polar surface area (TPSA) is 74.7 Å². The molecule has 7 heteroatoms. The number of hydrogen-bond donors (Lipinski definition) is 2. The number of aromatic amines is 1. The summed E-state index contributed by atoms with van der Waals surface area (Å²) in [5.41, 5.74) is 2.25. The second-order valence-corrected chi connectivity index (χ2v) is 5.60. The first-order valence-corrected chi connectivity index (χ1v) is 7.31. The zero-order chi connectivity index (χ0) is 13.9. The van der Waals surface area contributed by atoms with E-state index in [1.54, 1.807) is 18.5 Å². The largest absolute Gasteiger partial charge is 0.388 e. The second kappa shape index (κ2) is 5.78. The van der Waals surface area contributed by atoms with Gasteiger partial charge in [-0.3, -0.25) is 0 Å². The van der Waals surface area contributed by atoms with Gasteiger partial charge in [0.1, 0.15) is 16.9 Å². The minimum absolute atomic E-state index is 0.493. The zero-order valence-corrected chi connectivity index (χ0v) is 11.9. The molecule has 1 aromatic carbocycles. The van der Waals surface area contributed by atoms with Crippen molar-refractivity contribution < 1.29 is 5.11 Å². The number of imidazole rings is 1. The molecule has 20 heavy (non-hydrogen) atoms. The Bertz CT molecular complexity index is 716. The van der Waals surface area contributed by atoms with Crippen LogP contribution >= 0.6 is 23.4 Å². The molecule has 2 aromatic heterocycles. The summed E-state index contributed by atoms with van der Waals surface area (Å²) < 4.78 is 0. The lowest BCUT2D eigenvalue weighted by atomic mass is 10.1. The number of halogens is 1. The van der Waals surface area contributed by atoms with E-state index in [0.29, 0.717) is 16.4 Å². The van der Waals surface area contributed by atoms with Gasteiger partial charge in [-0.15, -0.1) is 11.8 Å². The summed E-state index contributed by atoms with van der Waals surface area (Å²) in [6.45, 7) is 0. The Labute approximate surface area is 124 Å². The average molecular weight is 307 g/mol. The van der Waals surface area contributed by atoms with Crippen molar-refractivity contribution >= 4 is 34.5 Å². The molecule has 0 spiro atoms. The fourth-order valence-corrected chi connectivity index (χ4v) is 2.84. The Morgan fingerprint density at radius 1 is 1.20 bits per heavy atom. The summed E-state index contributed by atoms with van der Waals surface area (Å²) in [4.78, 5) is 15.3. The molecule has 2 N–H and O–H groups in total. The predicted octanol–water partition coefficient (Wildman–Crippen LogP) is 2.83. The van der Waals surface area contributed by atoms with Crippen LogP contribution in [-0.4, -0.2) is 30.8 Å². The van der Waals surface area contributed by atoms with Crippen LogP contribution in [0.25, 0.3) is 11.2 Å². The quantitative estimate of drug-likeness (QED) is 0.572. The SMILES string of the molecule is O[C@@H](CSc1ncnc2nc[nH]c12)c1ccc(Cl)cc1. The lowest BCUT2D eigenvalue weighted by Gasteiger charge is -2.10. The van der Waals surface area contributed by atoms with Gasteiger partial charge < -0.3 is 10.1 Å². The van der Waals surface area contributed by atoms with Gasteiger partial charge >= 0.3 is 0 Å². The molecule has 5 nitrogen and oxygen atoms in total. The maximum Gasteiger partial charge on any atom is 0.181 e. The summed E-state index contributed by atoms with van der Waals surface area (Å²) in [6, 6.07) is 7.17. The van der Waals surface area contributed by atoms with E-state index in [0.717, 1.165) is 16.1 Å². The first-order valence-electron chi connectivity index (χ1n) is 5.94. The van der Waals surface area contributed by atoms with Gasteiger partial charge in [0.05, 0.1) is 12.4 Å². The number of nitrogens with one attached hydrogen (secondary N) is 1. The highest BCUT2D eigenvalue weighted by atomic mass is 35.5. The number of hydrogen-bond acceptors (Lipinski definition) is 5. The van der Waals surface area contributed by atoms with E-state index in [2.05, 4.69) is 19.9 Å². The first kappa shape index (κ1) is 13.4. The van der Waals surface area contributed by atoms with Crippen LogP contribution in [0.1, 0.15) is 11.7 Å². The third-order valence-corrected chi connectivity index (χ3v) is 4.14. The van der Waals surface area contributed by atoms with Crippen LogP contribution < -0.4 is 0 Å². The van der Waals surface area contributed by atoms with Crippen LogP contribution in [0.4, 0.5) is 0 Å². The number of thioether (sulfide) groups is 1. The molecule has 3 rings (SSSR count). The average Bonchev–Trinajstić information content (AvgIpc) is 2.94. The molecule has 0 aliphatic rings. The Balaban J connectivity index is 1.73. The van der Waals surface area contributed by atoms with Crippen molar-refractivity contribution in [1.82, 2.24) is 19.9 Å². The Morgan fingerprint density at radius 2 is 2.00 bits per heavy atom. The molecule has 0 aliphatic carbocycles. The van der Waals surface area contributed by atoms with E-state index in [-0.39, 0.29) is 0 Å². The van der Waals surface area contributed by atoms with Crippen LogP contribution in [0, 0.1) is 0 Å².